The number of rotatable bonds is 2. The predicted octanol–water partition coefficient (Wildman–Crippen LogP) is 0.00750. The molecule has 2 aliphatic rings. The third-order valence-electron chi connectivity index (χ3n) is 3.69. The number of hydrogen-bond donors (Lipinski definition) is 1. The summed E-state index contributed by atoms with van der Waals surface area (Å²) in [5.74, 6) is 0.0521. The third kappa shape index (κ3) is 2.33. The lowest BCUT2D eigenvalue weighted by Crippen LogP contribution is -2.50. The van der Waals surface area contributed by atoms with Crippen molar-refractivity contribution in [3.8, 4) is 0 Å². The van der Waals surface area contributed by atoms with Crippen LogP contribution in [0.2, 0.25) is 0 Å². The van der Waals surface area contributed by atoms with Crippen molar-refractivity contribution < 1.29 is 9.59 Å². The van der Waals surface area contributed by atoms with Gasteiger partial charge in [-0.1, -0.05) is 18.2 Å². The molecule has 0 aliphatic carbocycles. The van der Waals surface area contributed by atoms with Gasteiger partial charge in [-0.2, -0.15) is 0 Å². The fourth-order valence-electron chi connectivity index (χ4n) is 2.64. The molecule has 5 heteroatoms. The monoisotopic (exact) mass is 259 g/mol. The molecule has 0 atom stereocenters. The molecule has 2 amide bonds. The zero-order chi connectivity index (χ0) is 13.2. The highest BCUT2D eigenvalue weighted by molar-refractivity contribution is 6.04. The maximum Gasteiger partial charge on any atom is 0.242 e. The largest absolute Gasteiger partial charge is 0.339 e. The van der Waals surface area contributed by atoms with E-state index in [0.717, 1.165) is 37.4 Å². The van der Waals surface area contributed by atoms with Gasteiger partial charge in [-0.05, 0) is 11.6 Å². The van der Waals surface area contributed by atoms with E-state index < -0.39 is 0 Å². The van der Waals surface area contributed by atoms with E-state index in [4.69, 9.17) is 0 Å². The van der Waals surface area contributed by atoms with Crippen LogP contribution in [0, 0.1) is 0 Å². The number of carbonyl (C=O) groups excluding carboxylic acids is 2. The van der Waals surface area contributed by atoms with Crippen LogP contribution in [0.4, 0.5) is 5.69 Å². The number of benzene rings is 1. The summed E-state index contributed by atoms with van der Waals surface area (Å²) in [4.78, 5) is 27.6. The average Bonchev–Trinajstić information content (AvgIpc) is 2.76. The van der Waals surface area contributed by atoms with E-state index in [1.54, 1.807) is 4.90 Å². The van der Waals surface area contributed by atoms with Crippen molar-refractivity contribution in [2.24, 2.45) is 0 Å². The molecule has 100 valence electrons. The lowest BCUT2D eigenvalue weighted by molar-refractivity contribution is -0.131. The van der Waals surface area contributed by atoms with Gasteiger partial charge in [0.05, 0.1) is 6.42 Å². The van der Waals surface area contributed by atoms with Crippen molar-refractivity contribution in [2.45, 2.75) is 6.42 Å². The first-order chi connectivity index (χ1) is 9.25. The van der Waals surface area contributed by atoms with Crippen LogP contribution in [-0.4, -0.2) is 49.4 Å². The fraction of sp³-hybridized carbons (Fsp3) is 0.429. The molecule has 2 heterocycles. The first-order valence-electron chi connectivity index (χ1n) is 6.62. The first-order valence-corrected chi connectivity index (χ1v) is 6.62. The van der Waals surface area contributed by atoms with Crippen molar-refractivity contribution in [3.05, 3.63) is 29.8 Å². The molecule has 0 spiro atoms. The van der Waals surface area contributed by atoms with Gasteiger partial charge in [-0.3, -0.25) is 9.59 Å². The van der Waals surface area contributed by atoms with Crippen LogP contribution in [0.15, 0.2) is 24.3 Å². The lowest BCUT2D eigenvalue weighted by atomic mass is 10.2. The third-order valence-corrected chi connectivity index (χ3v) is 3.69. The number of hydrogen-bond acceptors (Lipinski definition) is 3. The Morgan fingerprint density at radius 3 is 2.74 bits per heavy atom. The molecule has 0 unspecified atom stereocenters. The molecule has 19 heavy (non-hydrogen) atoms. The van der Waals surface area contributed by atoms with Gasteiger partial charge in [-0.15, -0.1) is 0 Å². The molecule has 1 aromatic carbocycles. The van der Waals surface area contributed by atoms with Crippen LogP contribution >= 0.6 is 0 Å². The minimum atomic E-state index is 0.0182. The maximum atomic E-state index is 12.2. The Morgan fingerprint density at radius 1 is 1.21 bits per heavy atom. The molecule has 0 aromatic heterocycles. The Labute approximate surface area is 112 Å². The van der Waals surface area contributed by atoms with Crippen LogP contribution < -0.4 is 10.2 Å². The minimum Gasteiger partial charge on any atom is -0.339 e. The lowest BCUT2D eigenvalue weighted by Gasteiger charge is -2.29. The summed E-state index contributed by atoms with van der Waals surface area (Å²) in [5.41, 5.74) is 1.90. The van der Waals surface area contributed by atoms with Gasteiger partial charge in [0, 0.05) is 31.9 Å². The van der Waals surface area contributed by atoms with E-state index in [0.29, 0.717) is 6.42 Å². The summed E-state index contributed by atoms with van der Waals surface area (Å²) in [7, 11) is 0. The Morgan fingerprint density at radius 2 is 1.95 bits per heavy atom. The van der Waals surface area contributed by atoms with Crippen molar-refractivity contribution in [3.63, 3.8) is 0 Å². The van der Waals surface area contributed by atoms with Crippen LogP contribution in [0.25, 0.3) is 0 Å². The normalized spacial score (nSPS) is 18.6. The molecule has 3 rings (SSSR count). The molecule has 1 aromatic rings. The molecule has 0 saturated carbocycles. The van der Waals surface area contributed by atoms with Gasteiger partial charge < -0.3 is 15.1 Å². The van der Waals surface area contributed by atoms with Crippen LogP contribution in [0.1, 0.15) is 5.56 Å². The number of para-hydroxylation sites is 1. The van der Waals surface area contributed by atoms with Crippen LogP contribution in [0.5, 0.6) is 0 Å². The number of nitrogens with one attached hydrogen (secondary N) is 1. The van der Waals surface area contributed by atoms with Crippen molar-refractivity contribution >= 4 is 17.5 Å². The highest BCUT2D eigenvalue weighted by Gasteiger charge is 2.29. The first kappa shape index (κ1) is 12.2. The molecule has 1 fully saturated rings. The van der Waals surface area contributed by atoms with E-state index in [1.165, 1.54) is 0 Å². The molecular formula is C14H17N3O2. The van der Waals surface area contributed by atoms with Gasteiger partial charge in [-0.25, -0.2) is 0 Å². The average molecular weight is 259 g/mol. The molecular weight excluding hydrogens is 242 g/mol. The fourth-order valence-corrected chi connectivity index (χ4v) is 2.64. The Hall–Kier alpha value is -1.88. The molecule has 1 saturated heterocycles. The zero-order valence-electron chi connectivity index (χ0n) is 10.8. The second-order valence-electron chi connectivity index (χ2n) is 4.92. The summed E-state index contributed by atoms with van der Waals surface area (Å²) in [6.07, 6.45) is 0.408. The second-order valence-corrected chi connectivity index (χ2v) is 4.92. The second kappa shape index (κ2) is 5.01. The summed E-state index contributed by atoms with van der Waals surface area (Å²) in [6, 6.07) is 7.68. The number of fused-ring (bicyclic) bond motifs is 1. The molecule has 0 radical (unpaired) electrons. The topological polar surface area (TPSA) is 52.7 Å². The Kier molecular flexibility index (Phi) is 3.21. The smallest absolute Gasteiger partial charge is 0.242 e. The molecule has 5 nitrogen and oxygen atoms in total. The van der Waals surface area contributed by atoms with Crippen molar-refractivity contribution in [1.29, 1.82) is 0 Å². The summed E-state index contributed by atoms with van der Waals surface area (Å²) in [6.45, 7) is 3.27. The quantitative estimate of drug-likeness (QED) is 0.814. The zero-order valence-corrected chi connectivity index (χ0v) is 10.8. The van der Waals surface area contributed by atoms with Gasteiger partial charge >= 0.3 is 0 Å². The van der Waals surface area contributed by atoms with Crippen LogP contribution in [0.3, 0.4) is 0 Å². The predicted molar refractivity (Wildman–Crippen MR) is 71.9 cm³/mol. The number of carbonyl (C=O) groups is 2. The van der Waals surface area contributed by atoms with Crippen molar-refractivity contribution in [2.75, 3.05) is 37.6 Å². The highest BCUT2D eigenvalue weighted by Crippen LogP contribution is 2.28. The molecule has 2 aliphatic heterocycles. The van der Waals surface area contributed by atoms with E-state index in [2.05, 4.69) is 5.32 Å². The van der Waals surface area contributed by atoms with Gasteiger partial charge in [0.15, 0.2) is 0 Å². The standard InChI is InChI=1S/C14H17N3O2/c18-13-9-11-3-1-2-4-12(11)17(13)10-14(19)16-7-5-15-6-8-16/h1-4,15H,5-10H2. The van der Waals surface area contributed by atoms with E-state index in [-0.39, 0.29) is 18.4 Å². The number of nitrogens with zero attached hydrogens (tertiary/aromatic N) is 2. The maximum absolute atomic E-state index is 12.2. The SMILES string of the molecule is O=C(CN1C(=O)Cc2ccccc21)N1CCNCC1. The summed E-state index contributed by atoms with van der Waals surface area (Å²) < 4.78 is 0. The van der Waals surface area contributed by atoms with E-state index in [9.17, 15) is 9.59 Å². The number of anilines is 1. The molecule has 0 bridgehead atoms. The minimum absolute atomic E-state index is 0.0182. The summed E-state index contributed by atoms with van der Waals surface area (Å²) in [5, 5.41) is 3.21. The van der Waals surface area contributed by atoms with Gasteiger partial charge in [0.2, 0.25) is 11.8 Å². The number of piperazine rings is 1. The van der Waals surface area contributed by atoms with E-state index >= 15 is 0 Å². The van der Waals surface area contributed by atoms with Gasteiger partial charge in [0.1, 0.15) is 6.54 Å². The highest BCUT2D eigenvalue weighted by atomic mass is 16.2. The van der Waals surface area contributed by atoms with Crippen LogP contribution in [-0.2, 0) is 16.0 Å². The van der Waals surface area contributed by atoms with Crippen molar-refractivity contribution in [1.82, 2.24) is 10.2 Å². The van der Waals surface area contributed by atoms with E-state index in [1.807, 2.05) is 29.2 Å². The molecule has 1 N–H and O–H groups in total. The number of amides is 2. The Bertz CT molecular complexity index is 509. The summed E-state index contributed by atoms with van der Waals surface area (Å²) >= 11 is 0. The Balaban J connectivity index is 1.72. The van der Waals surface area contributed by atoms with Gasteiger partial charge in [0.25, 0.3) is 0 Å².